The minimum Gasteiger partial charge on any atom is -0.464 e. The van der Waals surface area contributed by atoms with Crippen LogP contribution in [0, 0.1) is 0 Å². The Morgan fingerprint density at radius 2 is 1.84 bits per heavy atom. The monoisotopic (exact) mass is 415 g/mol. The van der Waals surface area contributed by atoms with Crippen LogP contribution in [0.4, 0.5) is 5.69 Å². The number of likely N-dealkylation sites (tertiary alicyclic amines) is 1. The van der Waals surface area contributed by atoms with E-state index in [0.717, 1.165) is 66.5 Å². The predicted octanol–water partition coefficient (Wildman–Crippen LogP) is 4.92. The van der Waals surface area contributed by atoms with E-state index in [1.807, 2.05) is 13.1 Å². The zero-order valence-electron chi connectivity index (χ0n) is 18.2. The van der Waals surface area contributed by atoms with Crippen LogP contribution in [0.2, 0.25) is 0 Å². The van der Waals surface area contributed by atoms with Crippen LogP contribution in [0.25, 0.3) is 21.9 Å². The normalized spacial score (nSPS) is 15.7. The summed E-state index contributed by atoms with van der Waals surface area (Å²) in [6.45, 7) is 5.22. The van der Waals surface area contributed by atoms with Crippen LogP contribution in [0.5, 0.6) is 0 Å². The first-order valence-electron chi connectivity index (χ1n) is 11.2. The first-order valence-corrected chi connectivity index (χ1v) is 11.2. The molecule has 31 heavy (non-hydrogen) atoms. The molecule has 5 rings (SSSR count). The van der Waals surface area contributed by atoms with Crippen molar-refractivity contribution in [3.05, 3.63) is 76.3 Å². The summed E-state index contributed by atoms with van der Waals surface area (Å²) >= 11 is 0. The first-order chi connectivity index (χ1) is 15.1. The number of nitrogens with one attached hydrogen (secondary N) is 1. The van der Waals surface area contributed by atoms with Gasteiger partial charge in [-0.2, -0.15) is 0 Å². The van der Waals surface area contributed by atoms with E-state index < -0.39 is 0 Å². The molecule has 0 unspecified atom stereocenters. The average Bonchev–Trinajstić information content (AvgIpc) is 3.26. The lowest BCUT2D eigenvalue weighted by molar-refractivity contribution is 0.211. The molecule has 5 heteroatoms. The molecular formula is C26H29N3O2. The second-order valence-corrected chi connectivity index (χ2v) is 8.65. The summed E-state index contributed by atoms with van der Waals surface area (Å²) in [5, 5.41) is 6.00. The minimum atomic E-state index is 0.0336. The molecule has 1 fully saturated rings. The molecule has 2 aromatic carbocycles. The van der Waals surface area contributed by atoms with Crippen molar-refractivity contribution in [3.63, 3.8) is 0 Å². The van der Waals surface area contributed by atoms with Crippen molar-refractivity contribution in [2.24, 2.45) is 7.05 Å². The number of pyridine rings is 1. The Kier molecular flexibility index (Phi) is 5.28. The molecule has 0 spiro atoms. The highest BCUT2D eigenvalue weighted by molar-refractivity contribution is 5.92. The van der Waals surface area contributed by atoms with E-state index in [9.17, 15) is 4.79 Å². The Morgan fingerprint density at radius 3 is 2.65 bits per heavy atom. The minimum absolute atomic E-state index is 0.0336. The van der Waals surface area contributed by atoms with Gasteiger partial charge >= 0.3 is 0 Å². The number of rotatable bonds is 5. The summed E-state index contributed by atoms with van der Waals surface area (Å²) in [4.78, 5) is 15.0. The SMILES string of the molecule is CCc1ccc2c(c1)c(NC1CCN(Cc3ccc4occc4c3)CC1)cc(=O)n2C. The fraction of sp³-hybridized carbons (Fsp3) is 0.346. The van der Waals surface area contributed by atoms with Crippen molar-refractivity contribution in [1.29, 1.82) is 0 Å². The molecule has 4 aromatic rings. The zero-order chi connectivity index (χ0) is 21.4. The quantitative estimate of drug-likeness (QED) is 0.502. The molecule has 1 N–H and O–H groups in total. The van der Waals surface area contributed by atoms with Crippen LogP contribution in [-0.2, 0) is 20.0 Å². The molecule has 3 heterocycles. The highest BCUT2D eigenvalue weighted by Crippen LogP contribution is 2.26. The van der Waals surface area contributed by atoms with Gasteiger partial charge in [-0.25, -0.2) is 0 Å². The molecule has 5 nitrogen and oxygen atoms in total. The molecular weight excluding hydrogens is 386 g/mol. The summed E-state index contributed by atoms with van der Waals surface area (Å²) in [6, 6.07) is 17.0. The molecule has 0 radical (unpaired) electrons. The topological polar surface area (TPSA) is 50.4 Å². The first kappa shape index (κ1) is 19.9. The van der Waals surface area contributed by atoms with Crippen molar-refractivity contribution in [2.45, 2.75) is 38.8 Å². The number of aromatic nitrogens is 1. The molecule has 160 valence electrons. The number of anilines is 1. The number of hydrogen-bond donors (Lipinski definition) is 1. The maximum Gasteiger partial charge on any atom is 0.252 e. The lowest BCUT2D eigenvalue weighted by atomic mass is 10.0. The van der Waals surface area contributed by atoms with Gasteiger partial charge in [-0.15, -0.1) is 0 Å². The van der Waals surface area contributed by atoms with E-state index in [1.165, 1.54) is 11.1 Å². The third-order valence-electron chi connectivity index (χ3n) is 6.59. The third-order valence-corrected chi connectivity index (χ3v) is 6.59. The van der Waals surface area contributed by atoms with Crippen LogP contribution >= 0.6 is 0 Å². The number of benzene rings is 2. The number of piperidine rings is 1. The smallest absolute Gasteiger partial charge is 0.252 e. The Bertz CT molecular complexity index is 1280. The molecule has 0 saturated carbocycles. The van der Waals surface area contributed by atoms with E-state index in [4.69, 9.17) is 4.42 Å². The van der Waals surface area contributed by atoms with Gasteiger partial charge in [0, 0.05) is 55.2 Å². The number of hydrogen-bond acceptors (Lipinski definition) is 4. The lowest BCUT2D eigenvalue weighted by Gasteiger charge is -2.33. The Balaban J connectivity index is 1.28. The van der Waals surface area contributed by atoms with Crippen molar-refractivity contribution < 1.29 is 4.42 Å². The Labute approximate surface area is 182 Å². The molecule has 1 saturated heterocycles. The number of fused-ring (bicyclic) bond motifs is 2. The van der Waals surface area contributed by atoms with Gasteiger partial charge in [0.1, 0.15) is 5.58 Å². The maximum absolute atomic E-state index is 12.5. The van der Waals surface area contributed by atoms with Gasteiger partial charge in [-0.3, -0.25) is 9.69 Å². The zero-order valence-corrected chi connectivity index (χ0v) is 18.2. The van der Waals surface area contributed by atoms with Gasteiger partial charge in [0.05, 0.1) is 11.8 Å². The molecule has 1 aliphatic heterocycles. The van der Waals surface area contributed by atoms with E-state index in [-0.39, 0.29) is 5.56 Å². The molecule has 0 bridgehead atoms. The Morgan fingerprint density at radius 1 is 1.03 bits per heavy atom. The fourth-order valence-corrected chi connectivity index (χ4v) is 4.68. The van der Waals surface area contributed by atoms with Gasteiger partial charge in [0.15, 0.2) is 0 Å². The molecule has 2 aromatic heterocycles. The van der Waals surface area contributed by atoms with Crippen molar-refractivity contribution >= 4 is 27.6 Å². The average molecular weight is 416 g/mol. The maximum atomic E-state index is 12.5. The number of aryl methyl sites for hydroxylation is 2. The number of furan rings is 1. The van der Waals surface area contributed by atoms with Crippen molar-refractivity contribution in [1.82, 2.24) is 9.47 Å². The highest BCUT2D eigenvalue weighted by atomic mass is 16.3. The van der Waals surface area contributed by atoms with Gasteiger partial charge < -0.3 is 14.3 Å². The predicted molar refractivity (Wildman–Crippen MR) is 127 cm³/mol. The van der Waals surface area contributed by atoms with E-state index in [0.29, 0.717) is 6.04 Å². The lowest BCUT2D eigenvalue weighted by Crippen LogP contribution is -2.38. The van der Waals surface area contributed by atoms with Gasteiger partial charge in [-0.1, -0.05) is 19.1 Å². The summed E-state index contributed by atoms with van der Waals surface area (Å²) < 4.78 is 7.18. The van der Waals surface area contributed by atoms with Crippen LogP contribution in [0.15, 0.2) is 64.0 Å². The Hall–Kier alpha value is -3.05. The molecule has 0 aliphatic carbocycles. The van der Waals surface area contributed by atoms with Gasteiger partial charge in [0.25, 0.3) is 5.56 Å². The van der Waals surface area contributed by atoms with Gasteiger partial charge in [-0.05, 0) is 60.7 Å². The molecule has 0 atom stereocenters. The van der Waals surface area contributed by atoms with Crippen molar-refractivity contribution in [3.8, 4) is 0 Å². The van der Waals surface area contributed by atoms with Gasteiger partial charge in [0.2, 0.25) is 0 Å². The summed E-state index contributed by atoms with van der Waals surface area (Å²) in [5.74, 6) is 0. The summed E-state index contributed by atoms with van der Waals surface area (Å²) in [6.07, 6.45) is 4.87. The van der Waals surface area contributed by atoms with E-state index in [2.05, 4.69) is 53.5 Å². The fourth-order valence-electron chi connectivity index (χ4n) is 4.68. The van der Waals surface area contributed by atoms with Crippen LogP contribution in [0.1, 0.15) is 30.9 Å². The highest BCUT2D eigenvalue weighted by Gasteiger charge is 2.20. The van der Waals surface area contributed by atoms with Crippen LogP contribution < -0.4 is 10.9 Å². The summed E-state index contributed by atoms with van der Waals surface area (Å²) in [5.41, 5.74) is 5.55. The second kappa shape index (κ2) is 8.23. The van der Waals surface area contributed by atoms with Crippen LogP contribution in [-0.4, -0.2) is 28.6 Å². The molecule has 1 aliphatic rings. The van der Waals surface area contributed by atoms with Crippen molar-refractivity contribution in [2.75, 3.05) is 18.4 Å². The standard InChI is InChI=1S/C26H29N3O2/c1-3-18-4-6-24-22(15-18)23(16-26(30)28(24)2)27-21-8-11-29(12-9-21)17-19-5-7-25-20(14-19)10-13-31-25/h4-7,10,13-16,21,27H,3,8-9,11-12,17H2,1-2H3. The number of nitrogens with zero attached hydrogens (tertiary/aromatic N) is 2. The van der Waals surface area contributed by atoms with E-state index in [1.54, 1.807) is 16.9 Å². The largest absolute Gasteiger partial charge is 0.464 e. The second-order valence-electron chi connectivity index (χ2n) is 8.65. The third kappa shape index (κ3) is 3.98. The van der Waals surface area contributed by atoms with Crippen LogP contribution in [0.3, 0.4) is 0 Å². The van der Waals surface area contributed by atoms with E-state index >= 15 is 0 Å². The summed E-state index contributed by atoms with van der Waals surface area (Å²) in [7, 11) is 1.85. The molecule has 0 amide bonds.